The average Bonchev–Trinajstić information content (AvgIpc) is 3.19. The summed E-state index contributed by atoms with van der Waals surface area (Å²) < 4.78 is 54.0. The fraction of sp³-hybridized carbons (Fsp3) is 0.450. The summed E-state index contributed by atoms with van der Waals surface area (Å²) in [6.07, 6.45) is 3.59. The Labute approximate surface area is 183 Å². The summed E-state index contributed by atoms with van der Waals surface area (Å²) in [7, 11) is -7.91. The lowest BCUT2D eigenvalue weighted by Gasteiger charge is -2.31. The Bertz CT molecular complexity index is 867. The normalized spacial score (nSPS) is 12.7. The van der Waals surface area contributed by atoms with Crippen LogP contribution in [0.25, 0.3) is 12.2 Å². The van der Waals surface area contributed by atoms with Gasteiger partial charge in [0.2, 0.25) is 5.52 Å². The highest BCUT2D eigenvalue weighted by Gasteiger charge is 2.51. The van der Waals surface area contributed by atoms with Crippen molar-refractivity contribution in [3.63, 3.8) is 0 Å². The standard InChI is InChI=1S/C20H30N2O7P2/c1-5-25-30(23,26-6-2)20(31(24,27-7-3)28-8-4)21-19-16-18(29-22-19)15-14-17-12-10-9-11-13-17/h9-16,20H,5-8H2,1-4H3,(H,21,22). The molecule has 11 heteroatoms. The Kier molecular flexibility index (Phi) is 10.2. The molecule has 31 heavy (non-hydrogen) atoms. The van der Waals surface area contributed by atoms with Gasteiger partial charge in [-0.3, -0.25) is 9.13 Å². The van der Waals surface area contributed by atoms with Crippen LogP contribution in [0.3, 0.4) is 0 Å². The van der Waals surface area contributed by atoms with E-state index in [1.165, 1.54) is 0 Å². The highest BCUT2D eigenvalue weighted by molar-refractivity contribution is 7.72. The molecule has 2 aromatic rings. The Morgan fingerprint density at radius 3 is 1.90 bits per heavy atom. The number of aromatic nitrogens is 1. The van der Waals surface area contributed by atoms with Gasteiger partial charge in [0.25, 0.3) is 0 Å². The fourth-order valence-corrected chi connectivity index (χ4v) is 7.64. The number of benzene rings is 1. The zero-order valence-electron chi connectivity index (χ0n) is 18.2. The zero-order chi connectivity index (χ0) is 22.7. The molecular weight excluding hydrogens is 442 g/mol. The molecule has 9 nitrogen and oxygen atoms in total. The van der Waals surface area contributed by atoms with Crippen molar-refractivity contribution in [3.05, 3.63) is 47.7 Å². The quantitative estimate of drug-likeness (QED) is 0.328. The Balaban J connectivity index is 2.34. The van der Waals surface area contributed by atoms with Crippen LogP contribution in [0.1, 0.15) is 39.0 Å². The van der Waals surface area contributed by atoms with E-state index < -0.39 is 20.7 Å². The molecule has 2 rings (SSSR count). The van der Waals surface area contributed by atoms with Crippen LogP contribution >= 0.6 is 15.2 Å². The Hall–Kier alpha value is -1.73. The molecule has 172 valence electrons. The average molecular weight is 472 g/mol. The van der Waals surface area contributed by atoms with E-state index in [9.17, 15) is 9.13 Å². The molecule has 1 aromatic carbocycles. The van der Waals surface area contributed by atoms with Crippen molar-refractivity contribution in [1.29, 1.82) is 0 Å². The van der Waals surface area contributed by atoms with Gasteiger partial charge in [0.05, 0.1) is 26.4 Å². The summed E-state index contributed by atoms with van der Waals surface area (Å²) in [4.78, 5) is 0. The third-order valence-corrected chi connectivity index (χ3v) is 9.51. The Morgan fingerprint density at radius 1 is 0.903 bits per heavy atom. The lowest BCUT2D eigenvalue weighted by molar-refractivity contribution is 0.198. The molecule has 0 aliphatic heterocycles. The van der Waals surface area contributed by atoms with Gasteiger partial charge < -0.3 is 27.9 Å². The van der Waals surface area contributed by atoms with Crippen LogP contribution in [0.5, 0.6) is 0 Å². The lowest BCUT2D eigenvalue weighted by Crippen LogP contribution is -2.25. The van der Waals surface area contributed by atoms with Gasteiger partial charge in [-0.25, -0.2) is 0 Å². The first-order valence-corrected chi connectivity index (χ1v) is 13.4. The minimum atomic E-state index is -3.95. The van der Waals surface area contributed by atoms with E-state index in [-0.39, 0.29) is 32.2 Å². The van der Waals surface area contributed by atoms with Gasteiger partial charge in [-0.2, -0.15) is 0 Å². The van der Waals surface area contributed by atoms with Crippen molar-refractivity contribution < 1.29 is 31.7 Å². The second-order valence-electron chi connectivity index (χ2n) is 6.13. The van der Waals surface area contributed by atoms with E-state index in [0.717, 1.165) is 5.56 Å². The van der Waals surface area contributed by atoms with Gasteiger partial charge in [0.15, 0.2) is 11.6 Å². The van der Waals surface area contributed by atoms with Crippen molar-refractivity contribution in [2.45, 2.75) is 33.2 Å². The van der Waals surface area contributed by atoms with Crippen LogP contribution in [-0.2, 0) is 27.2 Å². The van der Waals surface area contributed by atoms with E-state index in [2.05, 4.69) is 10.5 Å². The maximum atomic E-state index is 13.5. The number of anilines is 1. The molecular formula is C20H30N2O7P2. The Morgan fingerprint density at radius 2 is 1.42 bits per heavy atom. The third-order valence-electron chi connectivity index (χ3n) is 3.88. The number of hydrogen-bond acceptors (Lipinski definition) is 9. The molecule has 0 bridgehead atoms. The second kappa shape index (κ2) is 12.3. The van der Waals surface area contributed by atoms with Crippen molar-refractivity contribution in [2.75, 3.05) is 31.7 Å². The SMILES string of the molecule is CCOP(=O)(OCC)C(Nc1cc(C=Cc2ccccc2)on1)P(=O)(OCC)OCC. The molecule has 0 radical (unpaired) electrons. The van der Waals surface area contributed by atoms with Crippen molar-refractivity contribution >= 4 is 33.2 Å². The summed E-state index contributed by atoms with van der Waals surface area (Å²) in [5.41, 5.74) is -0.434. The molecule has 0 amide bonds. The predicted molar refractivity (Wildman–Crippen MR) is 121 cm³/mol. The third kappa shape index (κ3) is 7.14. The summed E-state index contributed by atoms with van der Waals surface area (Å²) in [5.74, 6) is 0.632. The second-order valence-corrected chi connectivity index (χ2v) is 10.8. The highest BCUT2D eigenvalue weighted by Crippen LogP contribution is 2.70. The first-order chi connectivity index (χ1) is 14.9. The van der Waals surface area contributed by atoms with Crippen LogP contribution in [0, 0.1) is 0 Å². The van der Waals surface area contributed by atoms with Crippen molar-refractivity contribution in [1.82, 2.24) is 5.16 Å². The van der Waals surface area contributed by atoms with Crippen molar-refractivity contribution in [2.24, 2.45) is 0 Å². The van der Waals surface area contributed by atoms with Crippen LogP contribution < -0.4 is 5.32 Å². The molecule has 1 heterocycles. The monoisotopic (exact) mass is 472 g/mol. The fourth-order valence-electron chi connectivity index (χ4n) is 2.72. The molecule has 0 aliphatic carbocycles. The lowest BCUT2D eigenvalue weighted by atomic mass is 10.2. The summed E-state index contributed by atoms with van der Waals surface area (Å²) in [6.45, 7) is 6.98. The van der Waals surface area contributed by atoms with Gasteiger partial charge in [-0.1, -0.05) is 41.6 Å². The van der Waals surface area contributed by atoms with Crippen LogP contribution in [0.4, 0.5) is 5.82 Å². The number of hydrogen-bond donors (Lipinski definition) is 1. The van der Waals surface area contributed by atoms with Gasteiger partial charge in [-0.05, 0) is 39.3 Å². The van der Waals surface area contributed by atoms with E-state index in [0.29, 0.717) is 5.76 Å². The number of nitrogens with zero attached hydrogens (tertiary/aromatic N) is 1. The zero-order valence-corrected chi connectivity index (χ0v) is 20.0. The largest absolute Gasteiger partial charge is 0.365 e. The smallest absolute Gasteiger partial charge is 0.355 e. The first-order valence-electron chi connectivity index (χ1n) is 10.1. The molecule has 0 unspecified atom stereocenters. The minimum Gasteiger partial charge on any atom is -0.355 e. The first kappa shape index (κ1) is 25.5. The summed E-state index contributed by atoms with van der Waals surface area (Å²) in [6, 6.07) is 11.3. The summed E-state index contributed by atoms with van der Waals surface area (Å²) in [5, 5.41) is 6.79. The molecule has 0 saturated heterocycles. The van der Waals surface area contributed by atoms with Gasteiger partial charge in [0.1, 0.15) is 0 Å². The summed E-state index contributed by atoms with van der Waals surface area (Å²) >= 11 is 0. The molecule has 1 aromatic heterocycles. The van der Waals surface area contributed by atoms with Crippen LogP contribution in [0.15, 0.2) is 40.9 Å². The van der Waals surface area contributed by atoms with Crippen LogP contribution in [0.2, 0.25) is 0 Å². The molecule has 0 saturated carbocycles. The number of rotatable bonds is 14. The maximum Gasteiger partial charge on any atom is 0.365 e. The van der Waals surface area contributed by atoms with Gasteiger partial charge in [0, 0.05) is 6.07 Å². The highest BCUT2D eigenvalue weighted by atomic mass is 31.2. The minimum absolute atomic E-state index is 0.0809. The van der Waals surface area contributed by atoms with E-state index in [1.807, 2.05) is 36.4 Å². The molecule has 0 atom stereocenters. The van der Waals surface area contributed by atoms with Crippen LogP contribution in [-0.4, -0.2) is 37.1 Å². The predicted octanol–water partition coefficient (Wildman–Crippen LogP) is 6.07. The van der Waals surface area contributed by atoms with E-state index in [4.69, 9.17) is 22.6 Å². The van der Waals surface area contributed by atoms with Gasteiger partial charge in [-0.15, -0.1) is 0 Å². The van der Waals surface area contributed by atoms with E-state index in [1.54, 1.807) is 39.8 Å². The van der Waals surface area contributed by atoms with E-state index >= 15 is 0 Å². The van der Waals surface area contributed by atoms with Crippen molar-refractivity contribution in [3.8, 4) is 0 Å². The van der Waals surface area contributed by atoms with Gasteiger partial charge >= 0.3 is 15.2 Å². The maximum absolute atomic E-state index is 13.5. The topological polar surface area (TPSA) is 109 Å². The molecule has 1 N–H and O–H groups in total. The number of nitrogens with one attached hydrogen (secondary N) is 1. The molecule has 0 fully saturated rings. The molecule has 0 spiro atoms. The molecule has 0 aliphatic rings.